The Balaban J connectivity index is 1.21. The molecule has 4 heterocycles. The SMILES string of the molecule is CC(=O)C(S[C@H]1[C@H](OC[C@H]2O[C@@H]3OC(C)(C)O[C@@H]3[C@H]3OC(C)(C)O[C@H]32)O[C@H](COCc2ccccc2)[C@H](OCc2ccccc2)[C@@H]1OCc1ccccc1)=C(C)C. The molecule has 4 saturated heterocycles. The van der Waals surface area contributed by atoms with E-state index in [1.54, 1.807) is 6.92 Å². The van der Waals surface area contributed by atoms with Gasteiger partial charge in [0.1, 0.15) is 42.7 Å². The van der Waals surface area contributed by atoms with Crippen LogP contribution < -0.4 is 0 Å². The van der Waals surface area contributed by atoms with Crippen molar-refractivity contribution >= 4 is 17.5 Å². The minimum atomic E-state index is -0.890. The molecule has 0 spiro atoms. The standard InChI is InChI=1S/C45H56O11S/c1-28(2)40(29(3)46)57-41-38(49-25-32-21-15-10-16-22-32)35(48-24-31-19-13-9-14-20-31)33(26-47-23-30-17-11-8-12-18-30)52-43(41)50-27-34-36-37(54-44(4,5)53-36)39-42(51-34)56-45(6,7)55-39/h8-22,33-39,41-43H,23-27H2,1-7H3/t33-,34-,35+,36+,37+,38+,39-,41-,42-,43-/m1/s1. The van der Waals surface area contributed by atoms with Gasteiger partial charge >= 0.3 is 0 Å². The van der Waals surface area contributed by atoms with Crippen LogP contribution in [0, 0.1) is 0 Å². The van der Waals surface area contributed by atoms with Crippen molar-refractivity contribution in [3.05, 3.63) is 118 Å². The van der Waals surface area contributed by atoms with Crippen LogP contribution in [0.25, 0.3) is 0 Å². The Morgan fingerprint density at radius 3 is 1.70 bits per heavy atom. The monoisotopic (exact) mass is 804 g/mol. The summed E-state index contributed by atoms with van der Waals surface area (Å²) < 4.78 is 65.6. The number of thioether (sulfide) groups is 1. The van der Waals surface area contributed by atoms with E-state index in [0.29, 0.717) is 24.7 Å². The van der Waals surface area contributed by atoms with Crippen molar-refractivity contribution in [3.8, 4) is 0 Å². The normalized spacial score (nSPS) is 31.4. The van der Waals surface area contributed by atoms with Gasteiger partial charge in [0.2, 0.25) is 0 Å². The molecule has 7 rings (SSSR count). The molecule has 10 atom stereocenters. The lowest BCUT2D eigenvalue weighted by Gasteiger charge is -2.46. The van der Waals surface area contributed by atoms with E-state index in [2.05, 4.69) is 0 Å². The van der Waals surface area contributed by atoms with Gasteiger partial charge in [0.25, 0.3) is 0 Å². The molecule has 3 aromatic rings. The predicted octanol–water partition coefficient (Wildman–Crippen LogP) is 7.50. The number of allylic oxidation sites excluding steroid dienone is 2. The highest BCUT2D eigenvalue weighted by Crippen LogP contribution is 2.45. The van der Waals surface area contributed by atoms with E-state index in [-0.39, 0.29) is 19.0 Å². The Morgan fingerprint density at radius 2 is 1.12 bits per heavy atom. The topological polar surface area (TPSA) is 109 Å². The molecule has 0 aliphatic carbocycles. The molecule has 308 valence electrons. The van der Waals surface area contributed by atoms with Crippen molar-refractivity contribution in [2.45, 2.75) is 140 Å². The highest BCUT2D eigenvalue weighted by molar-refractivity contribution is 8.04. The number of fused-ring (bicyclic) bond motifs is 3. The Bertz CT molecular complexity index is 1780. The molecule has 57 heavy (non-hydrogen) atoms. The van der Waals surface area contributed by atoms with Crippen LogP contribution in [-0.4, -0.2) is 91.1 Å². The molecule has 4 aliphatic rings. The lowest BCUT2D eigenvalue weighted by atomic mass is 9.99. The van der Waals surface area contributed by atoms with Gasteiger partial charge in [-0.2, -0.15) is 0 Å². The number of hydrogen-bond acceptors (Lipinski definition) is 12. The van der Waals surface area contributed by atoms with Gasteiger partial charge in [0, 0.05) is 4.91 Å². The fraction of sp³-hybridized carbons (Fsp3) is 0.533. The summed E-state index contributed by atoms with van der Waals surface area (Å²) in [7, 11) is 0. The summed E-state index contributed by atoms with van der Waals surface area (Å²) in [6.45, 7) is 14.2. The maximum absolute atomic E-state index is 13.2. The summed E-state index contributed by atoms with van der Waals surface area (Å²) in [6, 6.07) is 30.0. The molecule has 0 unspecified atom stereocenters. The van der Waals surface area contributed by atoms with E-state index in [1.807, 2.05) is 133 Å². The molecule has 3 aromatic carbocycles. The van der Waals surface area contributed by atoms with E-state index in [1.165, 1.54) is 11.8 Å². The van der Waals surface area contributed by atoms with Crippen LogP contribution in [0.15, 0.2) is 101 Å². The van der Waals surface area contributed by atoms with Gasteiger partial charge in [-0.1, -0.05) is 96.6 Å². The third-order valence-corrected chi connectivity index (χ3v) is 12.0. The van der Waals surface area contributed by atoms with Gasteiger partial charge in [0.05, 0.1) is 38.3 Å². The molecule has 0 N–H and O–H groups in total. The van der Waals surface area contributed by atoms with Crippen LogP contribution >= 0.6 is 11.8 Å². The van der Waals surface area contributed by atoms with Crippen LogP contribution in [0.1, 0.15) is 65.2 Å². The zero-order valence-electron chi connectivity index (χ0n) is 33.9. The number of carbonyl (C=O) groups is 1. The average Bonchev–Trinajstić information content (AvgIpc) is 3.69. The zero-order valence-corrected chi connectivity index (χ0v) is 34.7. The Labute approximate surface area is 340 Å². The summed E-state index contributed by atoms with van der Waals surface area (Å²) in [4.78, 5) is 13.8. The molecule has 0 bridgehead atoms. The van der Waals surface area contributed by atoms with Crippen LogP contribution in [-0.2, 0) is 72.0 Å². The second-order valence-electron chi connectivity index (χ2n) is 16.1. The maximum atomic E-state index is 13.2. The first-order valence-corrected chi connectivity index (χ1v) is 20.7. The Hall–Kier alpha value is -2.98. The van der Waals surface area contributed by atoms with Gasteiger partial charge in [0.15, 0.2) is 29.9 Å². The highest BCUT2D eigenvalue weighted by Gasteiger charge is 2.61. The molecule has 4 fully saturated rings. The number of rotatable bonds is 16. The minimum Gasteiger partial charge on any atom is -0.374 e. The Kier molecular flexibility index (Phi) is 13.7. The number of hydrogen-bond donors (Lipinski definition) is 0. The molecule has 0 radical (unpaired) electrons. The van der Waals surface area contributed by atoms with Crippen molar-refractivity contribution in [3.63, 3.8) is 0 Å². The predicted molar refractivity (Wildman–Crippen MR) is 214 cm³/mol. The number of carbonyl (C=O) groups excluding carboxylic acids is 1. The van der Waals surface area contributed by atoms with Crippen molar-refractivity contribution < 1.29 is 52.2 Å². The van der Waals surface area contributed by atoms with Gasteiger partial charge in [-0.25, -0.2) is 0 Å². The maximum Gasteiger partial charge on any atom is 0.190 e. The molecule has 12 heteroatoms. The first-order chi connectivity index (χ1) is 27.4. The van der Waals surface area contributed by atoms with Crippen LogP contribution in [0.4, 0.5) is 0 Å². The van der Waals surface area contributed by atoms with Gasteiger partial charge in [-0.3, -0.25) is 4.79 Å². The molecular weight excluding hydrogens is 749 g/mol. The zero-order chi connectivity index (χ0) is 40.2. The lowest BCUT2D eigenvalue weighted by Crippen LogP contribution is -2.61. The summed E-state index contributed by atoms with van der Waals surface area (Å²) in [5.74, 6) is -1.79. The smallest absolute Gasteiger partial charge is 0.190 e. The number of ketones is 1. The fourth-order valence-corrected chi connectivity index (χ4v) is 9.07. The highest BCUT2D eigenvalue weighted by atomic mass is 32.2. The minimum absolute atomic E-state index is 0.0557. The third kappa shape index (κ3) is 10.6. The molecule has 11 nitrogen and oxygen atoms in total. The van der Waals surface area contributed by atoms with E-state index in [9.17, 15) is 4.79 Å². The van der Waals surface area contributed by atoms with E-state index in [0.717, 1.165) is 22.3 Å². The molecule has 0 saturated carbocycles. The Morgan fingerprint density at radius 1 is 0.596 bits per heavy atom. The quantitative estimate of drug-likeness (QED) is 0.134. The molecule has 0 aromatic heterocycles. The summed E-state index contributed by atoms with van der Waals surface area (Å²) in [5, 5.41) is -0.553. The van der Waals surface area contributed by atoms with Crippen molar-refractivity contribution in [1.29, 1.82) is 0 Å². The van der Waals surface area contributed by atoms with Crippen molar-refractivity contribution in [2.75, 3.05) is 13.2 Å². The van der Waals surface area contributed by atoms with Gasteiger partial charge in [-0.15, -0.1) is 11.8 Å². The fourth-order valence-electron chi connectivity index (χ4n) is 7.77. The van der Waals surface area contributed by atoms with Crippen LogP contribution in [0.2, 0.25) is 0 Å². The summed E-state index contributed by atoms with van der Waals surface area (Å²) >= 11 is 1.40. The second kappa shape index (κ2) is 18.5. The average molecular weight is 805 g/mol. The molecule has 0 amide bonds. The van der Waals surface area contributed by atoms with Gasteiger partial charge < -0.3 is 47.4 Å². The van der Waals surface area contributed by atoms with Crippen LogP contribution in [0.3, 0.4) is 0 Å². The van der Waals surface area contributed by atoms with Crippen molar-refractivity contribution in [1.82, 2.24) is 0 Å². The van der Waals surface area contributed by atoms with Gasteiger partial charge in [-0.05, 0) is 65.2 Å². The molecule has 4 aliphatic heterocycles. The van der Waals surface area contributed by atoms with E-state index in [4.69, 9.17) is 47.4 Å². The first kappa shape index (κ1) is 42.2. The lowest BCUT2D eigenvalue weighted by molar-refractivity contribution is -0.293. The van der Waals surface area contributed by atoms with Crippen LogP contribution in [0.5, 0.6) is 0 Å². The second-order valence-corrected chi connectivity index (χ2v) is 17.3. The number of Topliss-reactive ketones (excluding diaryl/α,β-unsaturated/α-hetero) is 1. The van der Waals surface area contributed by atoms with Crippen molar-refractivity contribution in [2.24, 2.45) is 0 Å². The third-order valence-electron chi connectivity index (χ3n) is 10.3. The first-order valence-electron chi connectivity index (χ1n) is 19.8. The van der Waals surface area contributed by atoms with E-state index < -0.39 is 72.1 Å². The van der Waals surface area contributed by atoms with E-state index >= 15 is 0 Å². The summed E-state index contributed by atoms with van der Waals surface area (Å²) in [6.07, 6.45) is -5.43. The largest absolute Gasteiger partial charge is 0.374 e. The summed E-state index contributed by atoms with van der Waals surface area (Å²) in [5.41, 5.74) is 3.92. The number of ether oxygens (including phenoxy) is 10. The number of benzene rings is 3. The molecular formula is C45H56O11S.